The Labute approximate surface area is 109 Å². The number of benzene rings is 1. The number of hydrogen-bond acceptors (Lipinski definition) is 4. The van der Waals surface area contributed by atoms with Crippen LogP contribution in [0.2, 0.25) is 0 Å². The molecular weight excluding hydrogens is 226 g/mol. The van der Waals surface area contributed by atoms with Gasteiger partial charge in [-0.15, -0.1) is 0 Å². The third-order valence-corrected chi connectivity index (χ3v) is 1.86. The van der Waals surface area contributed by atoms with Crippen LogP contribution in [0.15, 0.2) is 35.3 Å². The fourth-order valence-electron chi connectivity index (χ4n) is 1.05. The molecule has 0 aliphatic carbocycles. The molecule has 1 N–H and O–H groups in total. The lowest BCUT2D eigenvalue weighted by Gasteiger charge is -2.05. The Hall–Kier alpha value is -1.70. The van der Waals surface area contributed by atoms with Gasteiger partial charge in [0.05, 0.1) is 0 Å². The van der Waals surface area contributed by atoms with E-state index >= 15 is 0 Å². The molecule has 0 aliphatic heterocycles. The lowest BCUT2D eigenvalue weighted by atomic mass is 10.2. The van der Waals surface area contributed by atoms with Crippen LogP contribution in [0, 0.1) is 11.3 Å². The fourth-order valence-corrected chi connectivity index (χ4v) is 1.05. The normalized spacial score (nSPS) is 11.4. The lowest BCUT2D eigenvalue weighted by molar-refractivity contribution is 0.0822. The van der Waals surface area contributed by atoms with Crippen molar-refractivity contribution in [3.63, 3.8) is 0 Å². The SMILES string of the molecule is CC.CCNCOC(C#N)N=Cc1ccccc1. The molecule has 4 heteroatoms. The van der Waals surface area contributed by atoms with Gasteiger partial charge in [0.15, 0.2) is 0 Å². The number of aliphatic imine (C=N–C) groups is 1. The third kappa shape index (κ3) is 7.55. The molecule has 4 nitrogen and oxygen atoms in total. The molecule has 1 unspecified atom stereocenters. The molecule has 1 rings (SSSR count). The van der Waals surface area contributed by atoms with E-state index in [-0.39, 0.29) is 0 Å². The quantitative estimate of drug-likeness (QED) is 0.477. The number of nitrogens with one attached hydrogen (secondary N) is 1. The van der Waals surface area contributed by atoms with E-state index in [0.717, 1.165) is 12.1 Å². The number of ether oxygens (including phenoxy) is 1. The van der Waals surface area contributed by atoms with Crippen LogP contribution < -0.4 is 5.32 Å². The van der Waals surface area contributed by atoms with Crippen LogP contribution >= 0.6 is 0 Å². The molecule has 0 fully saturated rings. The number of nitriles is 1. The third-order valence-electron chi connectivity index (χ3n) is 1.86. The second kappa shape index (κ2) is 11.8. The average Bonchev–Trinajstić information content (AvgIpc) is 2.46. The van der Waals surface area contributed by atoms with Crippen LogP contribution in [0.1, 0.15) is 26.3 Å². The molecule has 0 radical (unpaired) electrons. The van der Waals surface area contributed by atoms with Gasteiger partial charge in [-0.25, -0.2) is 4.99 Å². The van der Waals surface area contributed by atoms with Gasteiger partial charge in [0.25, 0.3) is 0 Å². The van der Waals surface area contributed by atoms with Crippen molar-refractivity contribution in [1.29, 1.82) is 5.26 Å². The highest BCUT2D eigenvalue weighted by Gasteiger charge is 2.01. The molecule has 0 spiro atoms. The maximum Gasteiger partial charge on any atom is 0.238 e. The molecule has 18 heavy (non-hydrogen) atoms. The second-order valence-corrected chi connectivity index (χ2v) is 3.08. The number of nitrogens with zero attached hydrogens (tertiary/aromatic N) is 2. The highest BCUT2D eigenvalue weighted by atomic mass is 16.5. The molecular formula is C14H21N3O. The van der Waals surface area contributed by atoms with Crippen LogP contribution in [0.4, 0.5) is 0 Å². The smallest absolute Gasteiger partial charge is 0.238 e. The zero-order valence-electron chi connectivity index (χ0n) is 11.3. The molecule has 98 valence electrons. The summed E-state index contributed by atoms with van der Waals surface area (Å²) in [6.07, 6.45) is 0.888. The lowest BCUT2D eigenvalue weighted by Crippen LogP contribution is -2.21. The first-order valence-electron chi connectivity index (χ1n) is 6.17. The first-order valence-corrected chi connectivity index (χ1v) is 6.17. The molecule has 0 saturated heterocycles. The van der Waals surface area contributed by atoms with Crippen molar-refractivity contribution in [2.75, 3.05) is 13.3 Å². The van der Waals surface area contributed by atoms with Crippen molar-refractivity contribution in [3.05, 3.63) is 35.9 Å². The predicted octanol–water partition coefficient (Wildman–Crippen LogP) is 2.56. The summed E-state index contributed by atoms with van der Waals surface area (Å²) >= 11 is 0. The minimum Gasteiger partial charge on any atom is -0.329 e. The molecule has 0 bridgehead atoms. The van der Waals surface area contributed by atoms with E-state index in [1.807, 2.05) is 57.2 Å². The molecule has 1 aromatic carbocycles. The first kappa shape index (κ1) is 16.3. The van der Waals surface area contributed by atoms with Gasteiger partial charge >= 0.3 is 0 Å². The first-order chi connectivity index (χ1) is 8.86. The van der Waals surface area contributed by atoms with Gasteiger partial charge in [-0.3, -0.25) is 5.32 Å². The monoisotopic (exact) mass is 247 g/mol. The summed E-state index contributed by atoms with van der Waals surface area (Å²) in [5.74, 6) is 0. The molecule has 0 aromatic heterocycles. The van der Waals surface area contributed by atoms with Crippen molar-refractivity contribution in [3.8, 4) is 6.07 Å². The van der Waals surface area contributed by atoms with Crippen LogP contribution in [-0.4, -0.2) is 25.7 Å². The molecule has 1 atom stereocenters. The topological polar surface area (TPSA) is 57.4 Å². The maximum absolute atomic E-state index is 8.79. The van der Waals surface area contributed by atoms with E-state index in [1.54, 1.807) is 6.21 Å². The molecule has 0 aliphatic rings. The van der Waals surface area contributed by atoms with Crippen LogP contribution in [0.3, 0.4) is 0 Å². The van der Waals surface area contributed by atoms with Gasteiger partial charge in [0.1, 0.15) is 12.8 Å². The van der Waals surface area contributed by atoms with Crippen molar-refractivity contribution in [2.45, 2.75) is 27.0 Å². The van der Waals surface area contributed by atoms with Crippen molar-refractivity contribution in [1.82, 2.24) is 5.32 Å². The minimum absolute atomic E-state index is 0.334. The highest BCUT2D eigenvalue weighted by molar-refractivity contribution is 5.79. The Bertz CT molecular complexity index is 357. The highest BCUT2D eigenvalue weighted by Crippen LogP contribution is 1.97. The Morgan fingerprint density at radius 2 is 2.06 bits per heavy atom. The zero-order chi connectivity index (χ0) is 13.6. The summed E-state index contributed by atoms with van der Waals surface area (Å²) in [7, 11) is 0. The largest absolute Gasteiger partial charge is 0.329 e. The minimum atomic E-state index is -0.751. The number of rotatable bonds is 6. The van der Waals surface area contributed by atoms with E-state index in [9.17, 15) is 0 Å². The van der Waals surface area contributed by atoms with E-state index in [4.69, 9.17) is 10.00 Å². The van der Waals surface area contributed by atoms with Crippen molar-refractivity contribution >= 4 is 6.21 Å². The standard InChI is InChI=1S/C12H15N3O.C2H6/c1-2-14-10-16-12(8-13)15-9-11-6-4-3-5-7-11;1-2/h3-7,9,12,14H,2,10H2,1H3;1-2H3. The molecule has 1 aromatic rings. The van der Waals surface area contributed by atoms with Crippen LogP contribution in [-0.2, 0) is 4.74 Å². The van der Waals surface area contributed by atoms with Gasteiger partial charge in [0.2, 0.25) is 6.23 Å². The Balaban J connectivity index is 0.00000137. The summed E-state index contributed by atoms with van der Waals surface area (Å²) in [6.45, 7) is 7.11. The van der Waals surface area contributed by atoms with Gasteiger partial charge in [-0.05, 0) is 12.1 Å². The van der Waals surface area contributed by atoms with Gasteiger partial charge in [-0.2, -0.15) is 5.26 Å². The zero-order valence-corrected chi connectivity index (χ0v) is 11.3. The van der Waals surface area contributed by atoms with Crippen molar-refractivity contribution < 1.29 is 4.74 Å². The van der Waals surface area contributed by atoms with E-state index in [0.29, 0.717) is 6.73 Å². The molecule has 0 heterocycles. The summed E-state index contributed by atoms with van der Waals surface area (Å²) in [4.78, 5) is 4.04. The predicted molar refractivity (Wildman–Crippen MR) is 74.4 cm³/mol. The van der Waals surface area contributed by atoms with E-state index < -0.39 is 6.23 Å². The Morgan fingerprint density at radius 3 is 2.61 bits per heavy atom. The average molecular weight is 247 g/mol. The number of hydrogen-bond donors (Lipinski definition) is 1. The Morgan fingerprint density at radius 1 is 1.39 bits per heavy atom. The summed E-state index contributed by atoms with van der Waals surface area (Å²) < 4.78 is 5.18. The van der Waals surface area contributed by atoms with Gasteiger partial charge in [-0.1, -0.05) is 51.1 Å². The van der Waals surface area contributed by atoms with E-state index in [1.165, 1.54) is 0 Å². The molecule has 0 saturated carbocycles. The maximum atomic E-state index is 8.79. The summed E-state index contributed by atoms with van der Waals surface area (Å²) in [5.41, 5.74) is 0.954. The summed E-state index contributed by atoms with van der Waals surface area (Å²) in [5, 5.41) is 11.8. The Kier molecular flexibility index (Phi) is 10.7. The van der Waals surface area contributed by atoms with Gasteiger partial charge in [0, 0.05) is 6.21 Å². The van der Waals surface area contributed by atoms with Gasteiger partial charge < -0.3 is 4.74 Å². The summed E-state index contributed by atoms with van der Waals surface area (Å²) in [6, 6.07) is 11.6. The van der Waals surface area contributed by atoms with Crippen LogP contribution in [0.5, 0.6) is 0 Å². The fraction of sp³-hybridized carbons (Fsp3) is 0.429. The van der Waals surface area contributed by atoms with Crippen molar-refractivity contribution in [2.24, 2.45) is 4.99 Å². The molecule has 0 amide bonds. The second-order valence-electron chi connectivity index (χ2n) is 3.08. The van der Waals surface area contributed by atoms with E-state index in [2.05, 4.69) is 10.3 Å². The van der Waals surface area contributed by atoms with Crippen LogP contribution in [0.25, 0.3) is 0 Å².